The number of pyridine rings is 1. The molecule has 98 valence electrons. The Bertz CT molecular complexity index is 644. The minimum Gasteiger partial charge on any atom is -0.369 e. The first-order valence-corrected chi connectivity index (χ1v) is 6.62. The molecule has 0 unspecified atom stereocenters. The third-order valence-electron chi connectivity index (χ3n) is 3.59. The fourth-order valence-electron chi connectivity index (χ4n) is 2.51. The van der Waals surface area contributed by atoms with Gasteiger partial charge in [0.2, 0.25) is 5.91 Å². The lowest BCUT2D eigenvalue weighted by molar-refractivity contribution is -0.121. The zero-order chi connectivity index (χ0) is 13.4. The quantitative estimate of drug-likeness (QED) is 0.855. The summed E-state index contributed by atoms with van der Waals surface area (Å²) >= 11 is 6.21. The van der Waals surface area contributed by atoms with E-state index < -0.39 is 0 Å². The summed E-state index contributed by atoms with van der Waals surface area (Å²) in [6.07, 6.45) is 0.779. The van der Waals surface area contributed by atoms with E-state index in [-0.39, 0.29) is 11.8 Å². The third-order valence-corrected chi connectivity index (χ3v) is 3.88. The predicted molar refractivity (Wildman–Crippen MR) is 76.3 cm³/mol. The lowest BCUT2D eigenvalue weighted by Crippen LogP contribution is -2.27. The molecule has 0 saturated carbocycles. The van der Waals surface area contributed by atoms with Crippen LogP contribution in [-0.2, 0) is 4.79 Å². The molecule has 1 atom stereocenters. The van der Waals surface area contributed by atoms with Crippen LogP contribution in [0.4, 0.5) is 5.82 Å². The number of aromatic nitrogens is 1. The van der Waals surface area contributed by atoms with Crippen molar-refractivity contribution in [1.82, 2.24) is 4.98 Å². The SMILES string of the molecule is NC(=O)[C@H]1CCN(c2cc3ccccc3c(Cl)n2)C1. The number of rotatable bonds is 2. The predicted octanol–water partition coefficient (Wildman–Crippen LogP) is 2.20. The van der Waals surface area contributed by atoms with Crippen molar-refractivity contribution >= 4 is 34.1 Å². The minimum absolute atomic E-state index is 0.0907. The number of carbonyl (C=O) groups excluding carboxylic acids is 1. The maximum absolute atomic E-state index is 11.2. The molecule has 0 radical (unpaired) electrons. The summed E-state index contributed by atoms with van der Waals surface area (Å²) < 4.78 is 0. The van der Waals surface area contributed by atoms with E-state index in [4.69, 9.17) is 17.3 Å². The molecule has 4 nitrogen and oxygen atoms in total. The van der Waals surface area contributed by atoms with Crippen molar-refractivity contribution in [2.75, 3.05) is 18.0 Å². The van der Waals surface area contributed by atoms with E-state index in [1.807, 2.05) is 30.3 Å². The number of benzene rings is 1. The molecule has 5 heteroatoms. The molecule has 1 aromatic carbocycles. The molecule has 0 bridgehead atoms. The van der Waals surface area contributed by atoms with Gasteiger partial charge >= 0.3 is 0 Å². The zero-order valence-corrected chi connectivity index (χ0v) is 11.1. The molecule has 1 aromatic heterocycles. The molecule has 1 aliphatic heterocycles. The summed E-state index contributed by atoms with van der Waals surface area (Å²) in [7, 11) is 0. The normalized spacial score (nSPS) is 19.0. The highest BCUT2D eigenvalue weighted by Crippen LogP contribution is 2.29. The van der Waals surface area contributed by atoms with Gasteiger partial charge in [-0.25, -0.2) is 4.98 Å². The number of nitrogens with two attached hydrogens (primary N) is 1. The second-order valence-corrected chi connectivity index (χ2v) is 5.18. The van der Waals surface area contributed by atoms with Crippen LogP contribution in [0.3, 0.4) is 0 Å². The van der Waals surface area contributed by atoms with Crippen LogP contribution in [0.5, 0.6) is 0 Å². The van der Waals surface area contributed by atoms with Crippen LogP contribution in [0.15, 0.2) is 30.3 Å². The molecule has 1 aliphatic rings. The van der Waals surface area contributed by atoms with Gasteiger partial charge in [0.1, 0.15) is 11.0 Å². The summed E-state index contributed by atoms with van der Waals surface area (Å²) in [6.45, 7) is 1.41. The monoisotopic (exact) mass is 275 g/mol. The summed E-state index contributed by atoms with van der Waals surface area (Å²) in [5, 5.41) is 2.49. The van der Waals surface area contributed by atoms with E-state index in [9.17, 15) is 4.79 Å². The van der Waals surface area contributed by atoms with E-state index in [0.717, 1.165) is 29.6 Å². The Kier molecular flexibility index (Phi) is 3.03. The molecule has 1 fully saturated rings. The molecule has 2 aromatic rings. The van der Waals surface area contributed by atoms with E-state index >= 15 is 0 Å². The van der Waals surface area contributed by atoms with Crippen molar-refractivity contribution in [1.29, 1.82) is 0 Å². The highest BCUT2D eigenvalue weighted by molar-refractivity contribution is 6.34. The van der Waals surface area contributed by atoms with E-state index in [0.29, 0.717) is 11.7 Å². The van der Waals surface area contributed by atoms with Crippen LogP contribution in [0.2, 0.25) is 5.15 Å². The average Bonchev–Trinajstić information content (AvgIpc) is 2.88. The van der Waals surface area contributed by atoms with Crippen molar-refractivity contribution < 1.29 is 4.79 Å². The van der Waals surface area contributed by atoms with E-state index in [1.54, 1.807) is 0 Å². The molecule has 19 heavy (non-hydrogen) atoms. The molecule has 2 heterocycles. The molecule has 0 aliphatic carbocycles. The lowest BCUT2D eigenvalue weighted by Gasteiger charge is -2.18. The fraction of sp³-hybridized carbons (Fsp3) is 0.286. The standard InChI is InChI=1S/C14H14ClN3O/c15-13-11-4-2-1-3-9(11)7-12(17-13)18-6-5-10(8-18)14(16)19/h1-4,7,10H,5-6,8H2,(H2,16,19)/t10-/m0/s1. The molecule has 1 amide bonds. The first-order valence-electron chi connectivity index (χ1n) is 6.24. The maximum Gasteiger partial charge on any atom is 0.222 e. The Morgan fingerprint density at radius 2 is 2.21 bits per heavy atom. The van der Waals surface area contributed by atoms with Crippen molar-refractivity contribution in [2.45, 2.75) is 6.42 Å². The van der Waals surface area contributed by atoms with E-state index in [1.165, 1.54) is 0 Å². The van der Waals surface area contributed by atoms with Crippen LogP contribution in [0, 0.1) is 5.92 Å². The molecule has 3 rings (SSSR count). The Hall–Kier alpha value is -1.81. The van der Waals surface area contributed by atoms with Crippen LogP contribution < -0.4 is 10.6 Å². The highest BCUT2D eigenvalue weighted by atomic mass is 35.5. The number of nitrogens with zero attached hydrogens (tertiary/aromatic N) is 2. The first kappa shape index (κ1) is 12.2. The van der Waals surface area contributed by atoms with Gasteiger partial charge in [-0.1, -0.05) is 35.9 Å². The number of fused-ring (bicyclic) bond motifs is 1. The Morgan fingerprint density at radius 1 is 1.42 bits per heavy atom. The molecule has 2 N–H and O–H groups in total. The number of amides is 1. The van der Waals surface area contributed by atoms with E-state index in [2.05, 4.69) is 9.88 Å². The van der Waals surface area contributed by atoms with Gasteiger partial charge in [0.05, 0.1) is 5.92 Å². The highest BCUT2D eigenvalue weighted by Gasteiger charge is 2.27. The smallest absolute Gasteiger partial charge is 0.222 e. The molecule has 0 spiro atoms. The molecular weight excluding hydrogens is 262 g/mol. The van der Waals surface area contributed by atoms with Crippen molar-refractivity contribution in [3.05, 3.63) is 35.5 Å². The number of hydrogen-bond donors (Lipinski definition) is 1. The molecular formula is C14H14ClN3O. The average molecular weight is 276 g/mol. The first-order chi connectivity index (χ1) is 9.15. The zero-order valence-electron chi connectivity index (χ0n) is 10.3. The van der Waals surface area contributed by atoms with Gasteiger partial charge in [-0.15, -0.1) is 0 Å². The van der Waals surface area contributed by atoms with Gasteiger partial charge in [-0.3, -0.25) is 4.79 Å². The fourth-order valence-corrected chi connectivity index (χ4v) is 2.76. The number of halogens is 1. The van der Waals surface area contributed by atoms with Gasteiger partial charge in [0.15, 0.2) is 0 Å². The van der Waals surface area contributed by atoms with Gasteiger partial charge in [-0.2, -0.15) is 0 Å². The molecule has 1 saturated heterocycles. The van der Waals surface area contributed by atoms with Crippen LogP contribution in [0.1, 0.15) is 6.42 Å². The Labute approximate surface area is 116 Å². The summed E-state index contributed by atoms with van der Waals surface area (Å²) in [4.78, 5) is 17.7. The summed E-state index contributed by atoms with van der Waals surface area (Å²) in [5.41, 5.74) is 5.35. The minimum atomic E-state index is -0.241. The topological polar surface area (TPSA) is 59.2 Å². The Morgan fingerprint density at radius 3 is 2.95 bits per heavy atom. The number of hydrogen-bond acceptors (Lipinski definition) is 3. The van der Waals surface area contributed by atoms with Crippen molar-refractivity contribution in [2.24, 2.45) is 11.7 Å². The van der Waals surface area contributed by atoms with Gasteiger partial charge in [0, 0.05) is 18.5 Å². The maximum atomic E-state index is 11.2. The second-order valence-electron chi connectivity index (χ2n) is 4.83. The summed E-state index contributed by atoms with van der Waals surface area (Å²) in [5.74, 6) is 0.480. The second kappa shape index (κ2) is 4.70. The number of primary amides is 1. The van der Waals surface area contributed by atoms with Crippen LogP contribution in [0.25, 0.3) is 10.8 Å². The number of carbonyl (C=O) groups is 1. The van der Waals surface area contributed by atoms with Crippen LogP contribution in [-0.4, -0.2) is 24.0 Å². The number of anilines is 1. The van der Waals surface area contributed by atoms with Crippen LogP contribution >= 0.6 is 11.6 Å². The third kappa shape index (κ3) is 2.24. The Balaban J connectivity index is 1.96. The van der Waals surface area contributed by atoms with Crippen molar-refractivity contribution in [3.8, 4) is 0 Å². The summed E-state index contributed by atoms with van der Waals surface area (Å²) in [6, 6.07) is 9.87. The van der Waals surface area contributed by atoms with Crippen molar-refractivity contribution in [3.63, 3.8) is 0 Å². The van der Waals surface area contributed by atoms with Gasteiger partial charge in [0.25, 0.3) is 0 Å². The largest absolute Gasteiger partial charge is 0.369 e. The van der Waals surface area contributed by atoms with Gasteiger partial charge < -0.3 is 10.6 Å². The lowest BCUT2D eigenvalue weighted by atomic mass is 10.1. The van der Waals surface area contributed by atoms with Gasteiger partial charge in [-0.05, 0) is 17.9 Å².